The molecule has 2 atom stereocenters. The maximum atomic E-state index is 2.51. The summed E-state index contributed by atoms with van der Waals surface area (Å²) >= 11 is 0. The van der Waals surface area contributed by atoms with Crippen LogP contribution in [0.25, 0.3) is 16.3 Å². The first-order valence-corrected chi connectivity index (χ1v) is 17.5. The summed E-state index contributed by atoms with van der Waals surface area (Å²) in [5.74, 6) is 0.878. The zero-order valence-corrected chi connectivity index (χ0v) is 27.8. The Morgan fingerprint density at radius 2 is 1.40 bits per heavy atom. The van der Waals surface area contributed by atoms with E-state index in [1.54, 1.807) is 0 Å². The summed E-state index contributed by atoms with van der Waals surface area (Å²) in [6, 6.07) is 35.1. The number of hydrogen-bond acceptors (Lipinski definition) is 2. The lowest BCUT2D eigenvalue weighted by Gasteiger charge is -2.32. The number of rotatable bonds is 10. The molecule has 0 aliphatic heterocycles. The largest absolute Gasteiger partial charge is 0.342 e. The second kappa shape index (κ2) is 15.1. The first-order chi connectivity index (χ1) is 23.8. The Balaban J connectivity index is 1.17. The smallest absolute Gasteiger partial charge is 0.106 e. The van der Waals surface area contributed by atoms with Gasteiger partial charge in [-0.3, -0.25) is 0 Å². The van der Waals surface area contributed by atoms with Crippen molar-refractivity contribution in [1.82, 2.24) is 4.90 Å². The molecule has 0 N–H and O–H groups in total. The highest BCUT2D eigenvalue weighted by atomic mass is 15.1. The van der Waals surface area contributed by atoms with Crippen LogP contribution >= 0.6 is 0 Å². The molecule has 0 aromatic heterocycles. The molecule has 0 saturated heterocycles. The highest BCUT2D eigenvalue weighted by Gasteiger charge is 2.22. The molecule has 3 aliphatic rings. The van der Waals surface area contributed by atoms with Gasteiger partial charge in [0.25, 0.3) is 0 Å². The van der Waals surface area contributed by atoms with Gasteiger partial charge in [-0.05, 0) is 89.7 Å². The molecule has 4 aromatic rings. The SMILES string of the molecule is BC/C=C\C=C/CN(C1=CC2C=CC=CC2C=C1)C1=CC=C(c2ccc(N(c3ccccc3)c3ccc4ccccc4c3)cc2)CCC1. The van der Waals surface area contributed by atoms with E-state index in [1.165, 1.54) is 33.3 Å². The van der Waals surface area contributed by atoms with Crippen LogP contribution in [-0.2, 0) is 0 Å². The molecule has 0 spiro atoms. The monoisotopic (exact) mass is 622 g/mol. The molecule has 7 rings (SSSR count). The first-order valence-electron chi connectivity index (χ1n) is 17.5. The predicted octanol–water partition coefficient (Wildman–Crippen LogP) is 11.0. The fraction of sp³-hybridized carbons (Fsp3) is 0.156. The first kappa shape index (κ1) is 31.3. The minimum absolute atomic E-state index is 0.419. The quantitative estimate of drug-likeness (QED) is 0.128. The summed E-state index contributed by atoms with van der Waals surface area (Å²) < 4.78 is 0. The number of anilines is 3. The predicted molar refractivity (Wildman–Crippen MR) is 209 cm³/mol. The Kier molecular flexibility index (Phi) is 9.85. The third-order valence-electron chi connectivity index (χ3n) is 9.50. The van der Waals surface area contributed by atoms with Crippen LogP contribution in [0.15, 0.2) is 187 Å². The Labute approximate surface area is 287 Å². The number of para-hydroxylation sites is 1. The molecule has 236 valence electrons. The van der Waals surface area contributed by atoms with E-state index >= 15 is 0 Å². The van der Waals surface area contributed by atoms with Gasteiger partial charge in [0.1, 0.15) is 7.85 Å². The van der Waals surface area contributed by atoms with Gasteiger partial charge in [-0.15, -0.1) is 0 Å². The Morgan fingerprint density at radius 1 is 0.667 bits per heavy atom. The molecule has 0 fully saturated rings. The van der Waals surface area contributed by atoms with Gasteiger partial charge in [0.05, 0.1) is 0 Å². The van der Waals surface area contributed by atoms with Crippen LogP contribution in [0.5, 0.6) is 0 Å². The van der Waals surface area contributed by atoms with Gasteiger partial charge in [0.15, 0.2) is 0 Å². The normalized spacial score (nSPS) is 18.8. The third kappa shape index (κ3) is 7.16. The van der Waals surface area contributed by atoms with Crippen molar-refractivity contribution in [3.05, 3.63) is 193 Å². The molecule has 0 radical (unpaired) electrons. The third-order valence-corrected chi connectivity index (χ3v) is 9.50. The lowest BCUT2D eigenvalue weighted by atomic mass is 9.84. The summed E-state index contributed by atoms with van der Waals surface area (Å²) in [5, 5.41) is 2.50. The van der Waals surface area contributed by atoms with Crippen molar-refractivity contribution in [2.24, 2.45) is 11.8 Å². The van der Waals surface area contributed by atoms with Gasteiger partial charge in [-0.25, -0.2) is 0 Å². The molecule has 3 aliphatic carbocycles. The maximum Gasteiger partial charge on any atom is 0.106 e. The minimum Gasteiger partial charge on any atom is -0.342 e. The van der Waals surface area contributed by atoms with Gasteiger partial charge < -0.3 is 9.80 Å². The van der Waals surface area contributed by atoms with Crippen LogP contribution in [0.3, 0.4) is 0 Å². The van der Waals surface area contributed by atoms with E-state index in [9.17, 15) is 0 Å². The van der Waals surface area contributed by atoms with E-state index in [0.717, 1.165) is 49.2 Å². The molecule has 2 unspecified atom stereocenters. The summed E-state index contributed by atoms with van der Waals surface area (Å²) in [5.41, 5.74) is 8.82. The molecule has 3 heteroatoms. The van der Waals surface area contributed by atoms with Crippen molar-refractivity contribution in [1.29, 1.82) is 0 Å². The van der Waals surface area contributed by atoms with E-state index in [4.69, 9.17) is 0 Å². The average Bonchev–Trinajstić information content (AvgIpc) is 3.40. The van der Waals surface area contributed by atoms with E-state index in [2.05, 4.69) is 194 Å². The van der Waals surface area contributed by atoms with Gasteiger partial charge in [-0.2, -0.15) is 0 Å². The Hall–Kier alpha value is -5.28. The summed E-state index contributed by atoms with van der Waals surface area (Å²) in [6.45, 7) is 0.856. The van der Waals surface area contributed by atoms with E-state index in [-0.39, 0.29) is 0 Å². The van der Waals surface area contributed by atoms with Gasteiger partial charge in [0.2, 0.25) is 0 Å². The Bertz CT molecular complexity index is 1970. The van der Waals surface area contributed by atoms with Crippen molar-refractivity contribution in [3.8, 4) is 0 Å². The average molecular weight is 623 g/mol. The molecule has 0 amide bonds. The van der Waals surface area contributed by atoms with Crippen LogP contribution in [0.1, 0.15) is 24.8 Å². The molecule has 0 heterocycles. The van der Waals surface area contributed by atoms with Crippen LogP contribution in [0, 0.1) is 11.8 Å². The van der Waals surface area contributed by atoms with Crippen molar-refractivity contribution < 1.29 is 0 Å². The fourth-order valence-electron chi connectivity index (χ4n) is 6.94. The lowest BCUT2D eigenvalue weighted by molar-refractivity contribution is 0.449. The molecular weight excluding hydrogens is 579 g/mol. The zero-order chi connectivity index (χ0) is 32.5. The highest BCUT2D eigenvalue weighted by molar-refractivity contribution is 6.09. The number of benzene rings is 4. The van der Waals surface area contributed by atoms with Crippen molar-refractivity contribution in [3.63, 3.8) is 0 Å². The van der Waals surface area contributed by atoms with E-state index in [1.807, 2.05) is 0 Å². The molecular formula is C45H43BN2. The summed E-state index contributed by atoms with van der Waals surface area (Å²) in [7, 11) is 2.18. The summed E-state index contributed by atoms with van der Waals surface area (Å²) in [6.07, 6.45) is 34.0. The molecule has 0 saturated carbocycles. The van der Waals surface area contributed by atoms with E-state index < -0.39 is 0 Å². The maximum absolute atomic E-state index is 2.51. The van der Waals surface area contributed by atoms with Gasteiger partial charge in [-0.1, -0.05) is 134 Å². The molecule has 48 heavy (non-hydrogen) atoms. The molecule has 4 aromatic carbocycles. The van der Waals surface area contributed by atoms with Gasteiger partial charge in [0, 0.05) is 46.8 Å². The fourth-order valence-corrected chi connectivity index (χ4v) is 6.94. The number of allylic oxidation sites excluding steroid dienone is 14. The van der Waals surface area contributed by atoms with Crippen LogP contribution < -0.4 is 4.90 Å². The van der Waals surface area contributed by atoms with Crippen LogP contribution in [0.2, 0.25) is 6.32 Å². The van der Waals surface area contributed by atoms with Crippen molar-refractivity contribution >= 4 is 41.3 Å². The van der Waals surface area contributed by atoms with Crippen LogP contribution in [-0.4, -0.2) is 19.3 Å². The molecule has 0 bridgehead atoms. The standard InChI is InChI=1S/C45H43BN2/c46-31-10-1-2-11-32-47(44-29-24-36-13-6-8-15-39(36)33-44)41-20-12-17-35(21-26-41)38-22-27-43(28-23-38)48(42-18-4-3-5-19-42)45-30-25-37-14-7-9-16-40(37)34-45/h1-11,13-16,18-19,21-30,33-34,36,39H,12,17,20,31-32,46H2/b10-1-,11-2-. The van der Waals surface area contributed by atoms with Gasteiger partial charge >= 0.3 is 0 Å². The van der Waals surface area contributed by atoms with Crippen molar-refractivity contribution in [2.45, 2.75) is 25.6 Å². The van der Waals surface area contributed by atoms with Crippen molar-refractivity contribution in [2.75, 3.05) is 11.4 Å². The summed E-state index contributed by atoms with van der Waals surface area (Å²) in [4.78, 5) is 4.86. The second-order valence-electron chi connectivity index (χ2n) is 12.7. The number of nitrogens with zero attached hydrogens (tertiary/aromatic N) is 2. The number of fused-ring (bicyclic) bond motifs is 2. The van der Waals surface area contributed by atoms with Crippen LogP contribution in [0.4, 0.5) is 17.1 Å². The highest BCUT2D eigenvalue weighted by Crippen LogP contribution is 2.38. The minimum atomic E-state index is 0.419. The van der Waals surface area contributed by atoms with E-state index in [0.29, 0.717) is 11.8 Å². The zero-order valence-electron chi connectivity index (χ0n) is 27.8. The topological polar surface area (TPSA) is 6.48 Å². The lowest BCUT2D eigenvalue weighted by Crippen LogP contribution is -2.25. The Morgan fingerprint density at radius 3 is 2.23 bits per heavy atom. The molecule has 2 nitrogen and oxygen atoms in total. The number of hydrogen-bond donors (Lipinski definition) is 0. The second-order valence-corrected chi connectivity index (χ2v) is 12.7.